The van der Waals surface area contributed by atoms with Gasteiger partial charge in [0.05, 0.1) is 13.7 Å². The second-order valence-electron chi connectivity index (χ2n) is 7.10. The van der Waals surface area contributed by atoms with Crippen LogP contribution in [0, 0.1) is 0 Å². The minimum absolute atomic E-state index is 0.265. The van der Waals surface area contributed by atoms with Gasteiger partial charge in [-0.3, -0.25) is 19.4 Å². The number of nitrogens with one attached hydrogen (secondary N) is 1. The van der Waals surface area contributed by atoms with Gasteiger partial charge in [0.2, 0.25) is 5.89 Å². The molecule has 0 bridgehead atoms. The van der Waals surface area contributed by atoms with E-state index in [0.29, 0.717) is 25.4 Å². The van der Waals surface area contributed by atoms with Crippen LogP contribution in [-0.4, -0.2) is 66.5 Å². The first-order chi connectivity index (χ1) is 14.1. The van der Waals surface area contributed by atoms with Crippen molar-refractivity contribution in [2.24, 2.45) is 0 Å². The number of carbonyl (C=O) groups excluding carboxylic acids is 2. The zero-order chi connectivity index (χ0) is 20.5. The summed E-state index contributed by atoms with van der Waals surface area (Å²) >= 11 is 0. The van der Waals surface area contributed by atoms with E-state index in [1.54, 1.807) is 0 Å². The van der Waals surface area contributed by atoms with E-state index in [4.69, 9.17) is 4.42 Å². The minimum atomic E-state index is -0.294. The largest absolute Gasteiger partial charge is 0.469 e. The molecule has 0 aliphatic carbocycles. The average Bonchev–Trinajstić information content (AvgIpc) is 3.21. The number of nitrogens with zero attached hydrogens (tertiary/aromatic N) is 3. The molecule has 1 aliphatic heterocycles. The third kappa shape index (κ3) is 6.69. The van der Waals surface area contributed by atoms with Crippen LogP contribution in [0.1, 0.15) is 34.8 Å². The van der Waals surface area contributed by atoms with Gasteiger partial charge in [-0.15, -0.1) is 0 Å². The highest BCUT2D eigenvalue weighted by Crippen LogP contribution is 2.11. The molecule has 0 atom stereocenters. The maximum absolute atomic E-state index is 12.1. The number of hydrogen-bond acceptors (Lipinski definition) is 7. The Hall–Kier alpha value is -2.71. The van der Waals surface area contributed by atoms with Crippen molar-refractivity contribution >= 4 is 11.9 Å². The Kier molecular flexibility index (Phi) is 7.77. The number of benzene rings is 1. The van der Waals surface area contributed by atoms with Crippen LogP contribution >= 0.6 is 0 Å². The summed E-state index contributed by atoms with van der Waals surface area (Å²) in [4.78, 5) is 32.2. The zero-order valence-electron chi connectivity index (χ0n) is 16.8. The summed E-state index contributed by atoms with van der Waals surface area (Å²) in [7, 11) is 1.35. The van der Waals surface area contributed by atoms with Crippen molar-refractivity contribution in [3.63, 3.8) is 0 Å². The van der Waals surface area contributed by atoms with Crippen molar-refractivity contribution in [2.75, 3.05) is 39.8 Å². The Labute approximate surface area is 170 Å². The van der Waals surface area contributed by atoms with Crippen LogP contribution in [0.5, 0.6) is 0 Å². The first kappa shape index (κ1) is 21.0. The van der Waals surface area contributed by atoms with Gasteiger partial charge in [0.15, 0.2) is 5.69 Å². The van der Waals surface area contributed by atoms with Crippen LogP contribution in [0.3, 0.4) is 0 Å². The molecule has 2 aromatic rings. The van der Waals surface area contributed by atoms with Crippen LogP contribution in [0.2, 0.25) is 0 Å². The van der Waals surface area contributed by atoms with Gasteiger partial charge in [-0.2, -0.15) is 0 Å². The predicted molar refractivity (Wildman–Crippen MR) is 107 cm³/mol. The summed E-state index contributed by atoms with van der Waals surface area (Å²) in [6.45, 7) is 5.79. The number of oxazole rings is 1. The van der Waals surface area contributed by atoms with E-state index in [-0.39, 0.29) is 24.0 Å². The van der Waals surface area contributed by atoms with Crippen LogP contribution in [-0.2, 0) is 22.6 Å². The Morgan fingerprint density at radius 1 is 1.10 bits per heavy atom. The molecule has 156 valence electrons. The molecular weight excluding hydrogens is 372 g/mol. The van der Waals surface area contributed by atoms with Crippen molar-refractivity contribution < 1.29 is 18.7 Å². The highest BCUT2D eigenvalue weighted by molar-refractivity contribution is 5.91. The molecule has 1 fully saturated rings. The first-order valence-electron chi connectivity index (χ1n) is 9.92. The van der Waals surface area contributed by atoms with E-state index in [2.05, 4.69) is 49.1 Å². The van der Waals surface area contributed by atoms with Crippen LogP contribution in [0.4, 0.5) is 0 Å². The Bertz CT molecular complexity index is 785. The topological polar surface area (TPSA) is 87.9 Å². The molecular formula is C21H28N4O4. The SMILES string of the molecule is COC(=O)CCCNC(=O)c1coc(CN2CCN(Cc3ccccc3)CC2)n1. The Morgan fingerprint density at radius 2 is 1.79 bits per heavy atom. The molecule has 2 heterocycles. The number of amides is 1. The van der Waals surface area contributed by atoms with Crippen molar-refractivity contribution in [1.82, 2.24) is 20.1 Å². The molecule has 29 heavy (non-hydrogen) atoms. The molecule has 1 aliphatic rings. The molecule has 8 nitrogen and oxygen atoms in total. The molecule has 3 rings (SSSR count). The maximum Gasteiger partial charge on any atom is 0.305 e. The number of rotatable bonds is 9. The summed E-state index contributed by atoms with van der Waals surface area (Å²) < 4.78 is 10.0. The van der Waals surface area contributed by atoms with E-state index >= 15 is 0 Å². The van der Waals surface area contributed by atoms with Crippen molar-refractivity contribution in [2.45, 2.75) is 25.9 Å². The normalized spacial score (nSPS) is 15.2. The number of carbonyl (C=O) groups is 2. The summed E-state index contributed by atoms with van der Waals surface area (Å²) in [5.74, 6) is -0.0365. The van der Waals surface area contributed by atoms with Crippen LogP contribution in [0.25, 0.3) is 0 Å². The number of methoxy groups -OCH3 is 1. The number of aromatic nitrogens is 1. The highest BCUT2D eigenvalue weighted by atomic mass is 16.5. The maximum atomic E-state index is 12.1. The van der Waals surface area contributed by atoms with Gasteiger partial charge in [-0.1, -0.05) is 30.3 Å². The molecule has 0 unspecified atom stereocenters. The van der Waals surface area contributed by atoms with E-state index in [1.165, 1.54) is 18.9 Å². The molecule has 0 spiro atoms. The smallest absolute Gasteiger partial charge is 0.305 e. The van der Waals surface area contributed by atoms with E-state index < -0.39 is 0 Å². The van der Waals surface area contributed by atoms with E-state index in [0.717, 1.165) is 32.7 Å². The highest BCUT2D eigenvalue weighted by Gasteiger charge is 2.20. The number of ether oxygens (including phenoxy) is 1. The number of piperazine rings is 1. The third-order valence-corrected chi connectivity index (χ3v) is 4.93. The molecule has 1 aromatic carbocycles. The average molecular weight is 400 g/mol. The molecule has 8 heteroatoms. The summed E-state index contributed by atoms with van der Waals surface area (Å²) in [5, 5.41) is 2.73. The Balaban J connectivity index is 1.38. The monoisotopic (exact) mass is 400 g/mol. The fourth-order valence-electron chi connectivity index (χ4n) is 3.25. The Morgan fingerprint density at radius 3 is 2.48 bits per heavy atom. The van der Waals surface area contributed by atoms with Crippen molar-refractivity contribution in [3.05, 3.63) is 53.7 Å². The summed E-state index contributed by atoms with van der Waals surface area (Å²) in [5.41, 5.74) is 1.59. The van der Waals surface area contributed by atoms with Crippen molar-refractivity contribution in [1.29, 1.82) is 0 Å². The summed E-state index contributed by atoms with van der Waals surface area (Å²) in [6, 6.07) is 10.5. The number of esters is 1. The van der Waals surface area contributed by atoms with Gasteiger partial charge in [0.25, 0.3) is 5.91 Å². The lowest BCUT2D eigenvalue weighted by Crippen LogP contribution is -2.45. The zero-order valence-corrected chi connectivity index (χ0v) is 16.8. The van der Waals surface area contributed by atoms with E-state index in [1.807, 2.05) is 6.07 Å². The molecule has 1 aromatic heterocycles. The fourth-order valence-corrected chi connectivity index (χ4v) is 3.25. The number of hydrogen-bond donors (Lipinski definition) is 1. The fraction of sp³-hybridized carbons (Fsp3) is 0.476. The molecule has 0 saturated carbocycles. The van der Waals surface area contributed by atoms with Gasteiger partial charge in [-0.25, -0.2) is 4.98 Å². The standard InChI is InChI=1S/C21H28N4O4/c1-28-20(26)8-5-9-22-21(27)18-16-29-19(23-18)15-25-12-10-24(11-13-25)14-17-6-3-2-4-7-17/h2-4,6-7,16H,5,8-15H2,1H3,(H,22,27). The molecule has 1 N–H and O–H groups in total. The van der Waals surface area contributed by atoms with Crippen LogP contribution < -0.4 is 5.32 Å². The molecule has 1 amide bonds. The summed E-state index contributed by atoms with van der Waals surface area (Å²) in [6.07, 6.45) is 2.18. The van der Waals surface area contributed by atoms with Gasteiger partial charge >= 0.3 is 5.97 Å². The van der Waals surface area contributed by atoms with Crippen LogP contribution in [0.15, 0.2) is 41.0 Å². The first-order valence-corrected chi connectivity index (χ1v) is 9.92. The van der Waals surface area contributed by atoms with Gasteiger partial charge in [-0.05, 0) is 12.0 Å². The van der Waals surface area contributed by atoms with Gasteiger partial charge in [0.1, 0.15) is 6.26 Å². The lowest BCUT2D eigenvalue weighted by molar-refractivity contribution is -0.140. The second-order valence-corrected chi connectivity index (χ2v) is 7.10. The van der Waals surface area contributed by atoms with E-state index in [9.17, 15) is 9.59 Å². The van der Waals surface area contributed by atoms with Gasteiger partial charge in [0, 0.05) is 45.7 Å². The molecule has 1 saturated heterocycles. The third-order valence-electron chi connectivity index (χ3n) is 4.93. The lowest BCUT2D eigenvalue weighted by Gasteiger charge is -2.34. The quantitative estimate of drug-likeness (QED) is 0.506. The minimum Gasteiger partial charge on any atom is -0.469 e. The molecule has 0 radical (unpaired) electrons. The van der Waals surface area contributed by atoms with Crippen molar-refractivity contribution in [3.8, 4) is 0 Å². The predicted octanol–water partition coefficient (Wildman–Crippen LogP) is 1.68. The van der Waals surface area contributed by atoms with Gasteiger partial charge < -0.3 is 14.5 Å². The second kappa shape index (κ2) is 10.7. The lowest BCUT2D eigenvalue weighted by atomic mass is 10.2.